The Hall–Kier alpha value is -2.91. The standard InChI is InChI=1S/C23H27N5O/c1-16(2)23(29)24-18-7-4-17(5-8-18)6-9-19-10-13-22(26-25-19)28-14-20-11-12-21(15-28)27(20)3/h4-5,7-8,10,13,16,20-21H,11-12,14-15H2,1-3H3,(H,24,29). The van der Waals surface area contributed by atoms with Crippen LogP contribution in [0.4, 0.5) is 11.5 Å². The van der Waals surface area contributed by atoms with Gasteiger partial charge >= 0.3 is 0 Å². The first-order valence-electron chi connectivity index (χ1n) is 10.2. The monoisotopic (exact) mass is 389 g/mol. The molecule has 29 heavy (non-hydrogen) atoms. The van der Waals surface area contributed by atoms with E-state index in [0.717, 1.165) is 30.2 Å². The summed E-state index contributed by atoms with van der Waals surface area (Å²) in [5.41, 5.74) is 2.30. The Bertz CT molecular complexity index is 912. The lowest BCUT2D eigenvalue weighted by Crippen LogP contribution is -2.52. The van der Waals surface area contributed by atoms with E-state index in [-0.39, 0.29) is 11.8 Å². The highest BCUT2D eigenvalue weighted by Crippen LogP contribution is 2.30. The number of rotatable bonds is 3. The first-order valence-corrected chi connectivity index (χ1v) is 10.2. The van der Waals surface area contributed by atoms with Gasteiger partial charge in [0.2, 0.25) is 5.91 Å². The molecule has 2 aromatic rings. The predicted octanol–water partition coefficient (Wildman–Crippen LogP) is 2.75. The molecule has 2 fully saturated rings. The fourth-order valence-electron chi connectivity index (χ4n) is 3.92. The van der Waals surface area contributed by atoms with Crippen molar-refractivity contribution in [2.75, 3.05) is 30.4 Å². The van der Waals surface area contributed by atoms with Crippen LogP contribution in [0.2, 0.25) is 0 Å². The van der Waals surface area contributed by atoms with Gasteiger partial charge in [-0.25, -0.2) is 0 Å². The smallest absolute Gasteiger partial charge is 0.226 e. The zero-order valence-electron chi connectivity index (χ0n) is 17.2. The minimum Gasteiger partial charge on any atom is -0.352 e. The molecule has 0 spiro atoms. The maximum Gasteiger partial charge on any atom is 0.226 e. The quantitative estimate of drug-likeness (QED) is 0.818. The van der Waals surface area contributed by atoms with Gasteiger partial charge in [-0.3, -0.25) is 9.69 Å². The molecule has 0 saturated carbocycles. The summed E-state index contributed by atoms with van der Waals surface area (Å²) >= 11 is 0. The van der Waals surface area contributed by atoms with Crippen LogP contribution in [-0.4, -0.2) is 53.2 Å². The molecule has 150 valence electrons. The number of benzene rings is 1. The SMILES string of the molecule is CC(C)C(=O)Nc1ccc(C#Cc2ccc(N3CC4CCC(C3)N4C)nn2)cc1. The molecule has 1 amide bonds. The first-order chi connectivity index (χ1) is 14.0. The van der Waals surface area contributed by atoms with Crippen LogP contribution >= 0.6 is 0 Å². The summed E-state index contributed by atoms with van der Waals surface area (Å²) in [6.07, 6.45) is 2.54. The summed E-state index contributed by atoms with van der Waals surface area (Å²) in [5, 5.41) is 11.6. The number of amides is 1. The van der Waals surface area contributed by atoms with Crippen LogP contribution in [0.1, 0.15) is 37.9 Å². The van der Waals surface area contributed by atoms with Crippen LogP contribution in [0.5, 0.6) is 0 Å². The van der Waals surface area contributed by atoms with Gasteiger partial charge in [0, 0.05) is 42.3 Å². The van der Waals surface area contributed by atoms with Crippen molar-refractivity contribution in [3.8, 4) is 11.8 Å². The lowest BCUT2D eigenvalue weighted by atomic mass is 10.1. The Morgan fingerprint density at radius 1 is 1.03 bits per heavy atom. The van der Waals surface area contributed by atoms with E-state index in [9.17, 15) is 4.79 Å². The summed E-state index contributed by atoms with van der Waals surface area (Å²) < 4.78 is 0. The molecule has 2 saturated heterocycles. The van der Waals surface area contributed by atoms with E-state index >= 15 is 0 Å². The van der Waals surface area contributed by atoms with Crippen molar-refractivity contribution in [2.24, 2.45) is 5.92 Å². The molecule has 2 aliphatic heterocycles. The highest BCUT2D eigenvalue weighted by Gasteiger charge is 2.37. The van der Waals surface area contributed by atoms with E-state index in [1.807, 2.05) is 50.2 Å². The zero-order chi connectivity index (χ0) is 20.4. The van der Waals surface area contributed by atoms with Crippen LogP contribution < -0.4 is 10.2 Å². The summed E-state index contributed by atoms with van der Waals surface area (Å²) in [7, 11) is 2.23. The number of carbonyl (C=O) groups is 1. The molecule has 6 heteroatoms. The molecular weight excluding hydrogens is 362 g/mol. The molecule has 1 aromatic heterocycles. The van der Waals surface area contributed by atoms with Crippen LogP contribution in [0.15, 0.2) is 36.4 Å². The maximum atomic E-state index is 11.7. The Morgan fingerprint density at radius 3 is 2.31 bits per heavy atom. The van der Waals surface area contributed by atoms with Crippen LogP contribution in [0.3, 0.4) is 0 Å². The summed E-state index contributed by atoms with van der Waals surface area (Å²) in [5.74, 6) is 7.07. The van der Waals surface area contributed by atoms with Gasteiger partial charge < -0.3 is 10.2 Å². The molecule has 3 heterocycles. The number of hydrogen-bond acceptors (Lipinski definition) is 5. The Kier molecular flexibility index (Phi) is 5.50. The van der Waals surface area contributed by atoms with Crippen molar-refractivity contribution in [2.45, 2.75) is 38.8 Å². The van der Waals surface area contributed by atoms with Gasteiger partial charge in [0.25, 0.3) is 0 Å². The normalized spacial score (nSPS) is 21.0. The Balaban J connectivity index is 1.38. The van der Waals surface area contributed by atoms with E-state index in [4.69, 9.17) is 0 Å². The minimum atomic E-state index is -0.0444. The fourth-order valence-corrected chi connectivity index (χ4v) is 3.92. The number of aromatic nitrogens is 2. The third-order valence-electron chi connectivity index (χ3n) is 5.83. The summed E-state index contributed by atoms with van der Waals surface area (Å²) in [6, 6.07) is 12.7. The Labute approximate surface area is 172 Å². The number of anilines is 2. The van der Waals surface area contributed by atoms with Crippen molar-refractivity contribution in [1.82, 2.24) is 15.1 Å². The molecule has 0 radical (unpaired) electrons. The zero-order valence-corrected chi connectivity index (χ0v) is 17.2. The van der Waals surface area contributed by atoms with Crippen molar-refractivity contribution >= 4 is 17.4 Å². The largest absolute Gasteiger partial charge is 0.352 e. The highest BCUT2D eigenvalue weighted by atomic mass is 16.1. The van der Waals surface area contributed by atoms with Crippen LogP contribution in [0, 0.1) is 17.8 Å². The average Bonchev–Trinajstić information content (AvgIpc) is 2.93. The van der Waals surface area contributed by atoms with Gasteiger partial charge in [0.1, 0.15) is 5.69 Å². The molecule has 1 aromatic carbocycles. The number of carbonyl (C=O) groups excluding carboxylic acids is 1. The van der Waals surface area contributed by atoms with Crippen LogP contribution in [0.25, 0.3) is 0 Å². The molecule has 2 bridgehead atoms. The van der Waals surface area contributed by atoms with Gasteiger partial charge in [-0.1, -0.05) is 19.8 Å². The molecule has 2 atom stereocenters. The third-order valence-corrected chi connectivity index (χ3v) is 5.83. The average molecular weight is 390 g/mol. The third kappa shape index (κ3) is 4.41. The topological polar surface area (TPSA) is 61.4 Å². The molecule has 4 rings (SSSR count). The molecule has 1 N–H and O–H groups in total. The molecule has 2 unspecified atom stereocenters. The van der Waals surface area contributed by atoms with Crippen molar-refractivity contribution in [3.05, 3.63) is 47.7 Å². The van der Waals surface area contributed by atoms with Crippen molar-refractivity contribution in [1.29, 1.82) is 0 Å². The van der Waals surface area contributed by atoms with E-state index in [0.29, 0.717) is 17.8 Å². The number of likely N-dealkylation sites (N-methyl/N-ethyl adjacent to an activating group) is 1. The number of nitrogens with one attached hydrogen (secondary N) is 1. The highest BCUT2D eigenvalue weighted by molar-refractivity contribution is 5.92. The number of piperazine rings is 1. The van der Waals surface area contributed by atoms with Crippen LogP contribution in [-0.2, 0) is 4.79 Å². The molecule has 0 aliphatic carbocycles. The van der Waals surface area contributed by atoms with E-state index in [2.05, 4.69) is 44.2 Å². The van der Waals surface area contributed by atoms with Crippen molar-refractivity contribution < 1.29 is 4.79 Å². The first kappa shape index (κ1) is 19.4. The predicted molar refractivity (Wildman–Crippen MR) is 115 cm³/mol. The lowest BCUT2D eigenvalue weighted by Gasteiger charge is -2.39. The second kappa shape index (κ2) is 8.22. The maximum absolute atomic E-state index is 11.7. The fraction of sp³-hybridized carbons (Fsp3) is 0.435. The number of nitrogens with zero attached hydrogens (tertiary/aromatic N) is 4. The van der Waals surface area contributed by atoms with Crippen molar-refractivity contribution in [3.63, 3.8) is 0 Å². The number of fused-ring (bicyclic) bond motifs is 2. The van der Waals surface area contributed by atoms with Gasteiger partial charge in [-0.05, 0) is 62.2 Å². The minimum absolute atomic E-state index is 0.00700. The molecule has 2 aliphatic rings. The summed E-state index contributed by atoms with van der Waals surface area (Å²) in [4.78, 5) is 16.6. The van der Waals surface area contributed by atoms with E-state index in [1.165, 1.54) is 12.8 Å². The molecule has 6 nitrogen and oxygen atoms in total. The van der Waals surface area contributed by atoms with Gasteiger partial charge in [-0.2, -0.15) is 0 Å². The Morgan fingerprint density at radius 2 is 1.72 bits per heavy atom. The van der Waals surface area contributed by atoms with Gasteiger partial charge in [-0.15, -0.1) is 10.2 Å². The molecular formula is C23H27N5O. The summed E-state index contributed by atoms with van der Waals surface area (Å²) in [6.45, 7) is 5.78. The van der Waals surface area contributed by atoms with E-state index in [1.54, 1.807) is 0 Å². The lowest BCUT2D eigenvalue weighted by molar-refractivity contribution is -0.118. The second-order valence-electron chi connectivity index (χ2n) is 8.20. The number of hydrogen-bond donors (Lipinski definition) is 1. The second-order valence-corrected chi connectivity index (χ2v) is 8.20. The van der Waals surface area contributed by atoms with Gasteiger partial charge in [0.15, 0.2) is 5.82 Å². The van der Waals surface area contributed by atoms with Gasteiger partial charge in [0.05, 0.1) is 0 Å². The van der Waals surface area contributed by atoms with E-state index < -0.39 is 0 Å².